The van der Waals surface area contributed by atoms with Crippen molar-refractivity contribution in [2.75, 3.05) is 32.6 Å². The monoisotopic (exact) mass is 423 g/mol. The molecule has 2 N–H and O–H groups in total. The Morgan fingerprint density at radius 3 is 2.65 bits per heavy atom. The van der Waals surface area contributed by atoms with Crippen LogP contribution in [0.2, 0.25) is 0 Å². The molecule has 1 aromatic heterocycles. The number of anilines is 1. The fourth-order valence-electron chi connectivity index (χ4n) is 4.59. The van der Waals surface area contributed by atoms with Crippen molar-refractivity contribution in [3.05, 3.63) is 41.6 Å². The third kappa shape index (κ3) is 4.43. The first kappa shape index (κ1) is 21.7. The molecule has 0 spiro atoms. The van der Waals surface area contributed by atoms with Crippen molar-refractivity contribution in [2.45, 2.75) is 57.2 Å². The van der Waals surface area contributed by atoms with E-state index in [1.54, 1.807) is 18.2 Å². The molecule has 0 saturated heterocycles. The van der Waals surface area contributed by atoms with Gasteiger partial charge in [-0.05, 0) is 63.3 Å². The van der Waals surface area contributed by atoms with E-state index in [9.17, 15) is 4.79 Å². The molecule has 1 saturated carbocycles. The molecular formula is C24H33N5O2. The molecule has 0 atom stereocenters. The zero-order chi connectivity index (χ0) is 22.0. The van der Waals surface area contributed by atoms with Gasteiger partial charge in [0.05, 0.1) is 17.8 Å². The fourth-order valence-corrected chi connectivity index (χ4v) is 4.59. The Kier molecular flexibility index (Phi) is 6.25. The van der Waals surface area contributed by atoms with Gasteiger partial charge in [-0.2, -0.15) is 0 Å². The SMILES string of the molecule is COCCN[C@H]1CC[C@H](Nc2nccc(-c3ccc4c(c3)C(C)(C)N(C)C4=O)n2)CC1. The van der Waals surface area contributed by atoms with E-state index in [2.05, 4.69) is 35.5 Å². The Morgan fingerprint density at radius 2 is 1.90 bits per heavy atom. The van der Waals surface area contributed by atoms with Gasteiger partial charge in [-0.3, -0.25) is 4.79 Å². The number of ether oxygens (including phenoxy) is 1. The maximum absolute atomic E-state index is 12.5. The van der Waals surface area contributed by atoms with E-state index < -0.39 is 0 Å². The van der Waals surface area contributed by atoms with E-state index in [-0.39, 0.29) is 11.4 Å². The summed E-state index contributed by atoms with van der Waals surface area (Å²) >= 11 is 0. The Hall–Kier alpha value is -2.51. The number of aromatic nitrogens is 2. The van der Waals surface area contributed by atoms with Crippen LogP contribution in [0.5, 0.6) is 0 Å². The Labute approximate surface area is 184 Å². The zero-order valence-corrected chi connectivity index (χ0v) is 18.9. The first-order chi connectivity index (χ1) is 14.9. The molecule has 1 aliphatic heterocycles. The van der Waals surface area contributed by atoms with Crippen molar-refractivity contribution in [3.63, 3.8) is 0 Å². The average molecular weight is 424 g/mol. The van der Waals surface area contributed by atoms with Gasteiger partial charge >= 0.3 is 0 Å². The minimum atomic E-state index is -0.327. The minimum Gasteiger partial charge on any atom is -0.383 e. The minimum absolute atomic E-state index is 0.0731. The summed E-state index contributed by atoms with van der Waals surface area (Å²) in [7, 11) is 3.59. The van der Waals surface area contributed by atoms with Crippen molar-refractivity contribution < 1.29 is 9.53 Å². The number of hydrogen-bond acceptors (Lipinski definition) is 6. The quantitative estimate of drug-likeness (QED) is 0.665. The molecule has 2 aromatic rings. The number of amides is 1. The molecule has 0 bridgehead atoms. The van der Waals surface area contributed by atoms with E-state index in [0.717, 1.165) is 61.2 Å². The standard InChI is InChI=1S/C24H33N5O2/c1-24(2)20-15-16(5-10-19(20)22(30)29(24)3)21-11-12-26-23(28-21)27-18-8-6-17(7-9-18)25-13-14-31-4/h5,10-12,15,17-18,25H,6-9,13-14H2,1-4H3,(H,26,27,28)/t17-,18-. The number of rotatable bonds is 7. The number of nitrogens with zero attached hydrogens (tertiary/aromatic N) is 3. The normalized spacial score (nSPS) is 22.5. The van der Waals surface area contributed by atoms with Crippen LogP contribution in [0.1, 0.15) is 55.5 Å². The van der Waals surface area contributed by atoms with Gasteiger partial charge in [-0.1, -0.05) is 6.07 Å². The summed E-state index contributed by atoms with van der Waals surface area (Å²) in [6, 6.07) is 8.88. The van der Waals surface area contributed by atoms with Crippen molar-refractivity contribution in [3.8, 4) is 11.3 Å². The second-order valence-corrected chi connectivity index (χ2v) is 9.09. The summed E-state index contributed by atoms with van der Waals surface area (Å²) in [5.41, 5.74) is 3.37. The summed E-state index contributed by atoms with van der Waals surface area (Å²) in [6.45, 7) is 5.81. The second-order valence-electron chi connectivity index (χ2n) is 9.09. The molecule has 4 rings (SSSR count). The molecule has 2 heterocycles. The number of benzene rings is 1. The topological polar surface area (TPSA) is 79.4 Å². The first-order valence-electron chi connectivity index (χ1n) is 11.1. The van der Waals surface area contributed by atoms with E-state index >= 15 is 0 Å². The van der Waals surface area contributed by atoms with Crippen LogP contribution in [0, 0.1) is 0 Å². The zero-order valence-electron chi connectivity index (χ0n) is 18.9. The van der Waals surface area contributed by atoms with Crippen molar-refractivity contribution in [2.24, 2.45) is 0 Å². The number of methoxy groups -OCH3 is 1. The van der Waals surface area contributed by atoms with Crippen LogP contribution in [0.15, 0.2) is 30.5 Å². The maximum atomic E-state index is 12.5. The maximum Gasteiger partial charge on any atom is 0.254 e. The van der Waals surface area contributed by atoms with Gasteiger partial charge in [0.15, 0.2) is 0 Å². The van der Waals surface area contributed by atoms with Gasteiger partial charge in [-0.25, -0.2) is 9.97 Å². The largest absolute Gasteiger partial charge is 0.383 e. The van der Waals surface area contributed by atoms with Crippen molar-refractivity contribution >= 4 is 11.9 Å². The summed E-state index contributed by atoms with van der Waals surface area (Å²) in [6.07, 6.45) is 6.28. The predicted octanol–water partition coefficient (Wildman–Crippen LogP) is 3.42. The lowest BCUT2D eigenvalue weighted by Gasteiger charge is -2.29. The lowest BCUT2D eigenvalue weighted by atomic mass is 9.91. The lowest BCUT2D eigenvalue weighted by Crippen LogP contribution is -2.38. The molecule has 1 fully saturated rings. The molecule has 166 valence electrons. The van der Waals surface area contributed by atoms with Crippen LogP contribution in [-0.4, -0.2) is 60.2 Å². The summed E-state index contributed by atoms with van der Waals surface area (Å²) in [5.74, 6) is 0.741. The highest BCUT2D eigenvalue weighted by atomic mass is 16.5. The Morgan fingerprint density at radius 1 is 1.16 bits per heavy atom. The summed E-state index contributed by atoms with van der Waals surface area (Å²) in [4.78, 5) is 23.5. The first-order valence-corrected chi connectivity index (χ1v) is 11.1. The summed E-state index contributed by atoms with van der Waals surface area (Å²) in [5, 5.41) is 7.08. The molecular weight excluding hydrogens is 390 g/mol. The van der Waals surface area contributed by atoms with Crippen LogP contribution < -0.4 is 10.6 Å². The van der Waals surface area contributed by atoms with E-state index in [0.29, 0.717) is 18.0 Å². The molecule has 1 aromatic carbocycles. The van der Waals surface area contributed by atoms with Gasteiger partial charge < -0.3 is 20.3 Å². The van der Waals surface area contributed by atoms with E-state index in [1.807, 2.05) is 25.2 Å². The van der Waals surface area contributed by atoms with Gasteiger partial charge in [0, 0.05) is 50.1 Å². The third-order valence-electron chi connectivity index (χ3n) is 6.80. The highest BCUT2D eigenvalue weighted by Crippen LogP contribution is 2.39. The Balaban J connectivity index is 1.43. The van der Waals surface area contributed by atoms with Crippen LogP contribution in [-0.2, 0) is 10.3 Å². The van der Waals surface area contributed by atoms with Gasteiger partial charge in [-0.15, -0.1) is 0 Å². The number of nitrogens with one attached hydrogen (secondary N) is 2. The molecule has 2 aliphatic rings. The van der Waals surface area contributed by atoms with Crippen LogP contribution in [0.25, 0.3) is 11.3 Å². The molecule has 1 aliphatic carbocycles. The Bertz CT molecular complexity index is 937. The highest BCUT2D eigenvalue weighted by Gasteiger charge is 2.40. The molecule has 0 unspecified atom stereocenters. The van der Waals surface area contributed by atoms with Gasteiger partial charge in [0.1, 0.15) is 0 Å². The van der Waals surface area contributed by atoms with Gasteiger partial charge in [0.2, 0.25) is 5.95 Å². The van der Waals surface area contributed by atoms with Crippen molar-refractivity contribution in [1.82, 2.24) is 20.2 Å². The van der Waals surface area contributed by atoms with Crippen LogP contribution >= 0.6 is 0 Å². The predicted molar refractivity (Wildman–Crippen MR) is 122 cm³/mol. The van der Waals surface area contributed by atoms with Crippen molar-refractivity contribution in [1.29, 1.82) is 0 Å². The number of carbonyl (C=O) groups excluding carboxylic acids is 1. The average Bonchev–Trinajstić information content (AvgIpc) is 2.95. The third-order valence-corrected chi connectivity index (χ3v) is 6.80. The fraction of sp³-hybridized carbons (Fsp3) is 0.542. The number of hydrogen-bond donors (Lipinski definition) is 2. The molecule has 31 heavy (non-hydrogen) atoms. The summed E-state index contributed by atoms with van der Waals surface area (Å²) < 4.78 is 5.12. The number of carbonyl (C=O) groups is 1. The molecule has 0 radical (unpaired) electrons. The van der Waals surface area contributed by atoms with Gasteiger partial charge in [0.25, 0.3) is 5.91 Å². The lowest BCUT2D eigenvalue weighted by molar-refractivity contribution is 0.0691. The number of fused-ring (bicyclic) bond motifs is 1. The highest BCUT2D eigenvalue weighted by molar-refractivity contribution is 6.00. The molecule has 1 amide bonds. The second kappa shape index (κ2) is 8.93. The smallest absolute Gasteiger partial charge is 0.254 e. The van der Waals surface area contributed by atoms with E-state index in [1.165, 1.54) is 0 Å². The van der Waals surface area contributed by atoms with Crippen LogP contribution in [0.4, 0.5) is 5.95 Å². The molecule has 7 nitrogen and oxygen atoms in total. The molecule has 7 heteroatoms. The van der Waals surface area contributed by atoms with E-state index in [4.69, 9.17) is 9.72 Å². The van der Waals surface area contributed by atoms with Crippen LogP contribution in [0.3, 0.4) is 0 Å².